The third-order valence-corrected chi connectivity index (χ3v) is 2.19. The molecule has 0 amide bonds. The fourth-order valence-corrected chi connectivity index (χ4v) is 1.36. The number of anilines is 2. The molecule has 0 spiro atoms. The van der Waals surface area contributed by atoms with Gasteiger partial charge in [-0.3, -0.25) is 0 Å². The number of hydrogen-bond donors (Lipinski definition) is 0. The Morgan fingerprint density at radius 3 is 2.11 bits per heavy atom. The summed E-state index contributed by atoms with van der Waals surface area (Å²) in [4.78, 5) is 14.0. The van der Waals surface area contributed by atoms with Crippen molar-refractivity contribution in [3.63, 3.8) is 0 Å². The van der Waals surface area contributed by atoms with Crippen molar-refractivity contribution in [3.05, 3.63) is 5.28 Å². The Morgan fingerprint density at radius 2 is 1.67 bits per heavy atom. The van der Waals surface area contributed by atoms with Crippen LogP contribution in [0.25, 0.3) is 0 Å². The topological polar surface area (TPSA) is 45.2 Å². The maximum absolute atomic E-state index is 12.4. The van der Waals surface area contributed by atoms with E-state index in [2.05, 4.69) is 15.0 Å². The fourth-order valence-electron chi connectivity index (χ4n) is 1.21. The van der Waals surface area contributed by atoms with Crippen LogP contribution in [0, 0.1) is 0 Å². The highest BCUT2D eigenvalue weighted by atomic mass is 35.5. The normalized spacial score (nSPS) is 11.5. The molecule has 0 aromatic carbocycles. The predicted molar refractivity (Wildman–Crippen MR) is 63.1 cm³/mol. The molecule has 1 rings (SSSR count). The highest BCUT2D eigenvalue weighted by Crippen LogP contribution is 2.21. The van der Waals surface area contributed by atoms with Crippen LogP contribution in [0.3, 0.4) is 0 Å². The first-order valence-corrected chi connectivity index (χ1v) is 5.51. The number of alkyl halides is 3. The Labute approximate surface area is 108 Å². The molecule has 0 N–H and O–H groups in total. The smallest absolute Gasteiger partial charge is 0.347 e. The van der Waals surface area contributed by atoms with Gasteiger partial charge in [-0.25, -0.2) is 0 Å². The van der Waals surface area contributed by atoms with Crippen molar-refractivity contribution in [1.29, 1.82) is 0 Å². The third-order valence-electron chi connectivity index (χ3n) is 2.02. The molecular formula is C9H13ClF3N5. The first-order valence-electron chi connectivity index (χ1n) is 5.13. The van der Waals surface area contributed by atoms with Crippen molar-refractivity contribution in [2.24, 2.45) is 0 Å². The second kappa shape index (κ2) is 5.55. The Hall–Kier alpha value is -1.31. The lowest BCUT2D eigenvalue weighted by molar-refractivity contribution is -0.119. The standard InChI is InChI=1S/C9H13ClF3N5/c1-4-18(5-9(11,12)13)8-15-6(10)14-7(16-8)17(2)3/h4-5H2,1-3H3. The molecule has 0 aliphatic carbocycles. The van der Waals surface area contributed by atoms with Crippen molar-refractivity contribution < 1.29 is 13.2 Å². The molecule has 0 bridgehead atoms. The number of rotatable bonds is 4. The van der Waals surface area contributed by atoms with Crippen molar-refractivity contribution in [3.8, 4) is 0 Å². The molecule has 0 atom stereocenters. The van der Waals surface area contributed by atoms with Crippen LogP contribution in [0.1, 0.15) is 6.92 Å². The zero-order valence-electron chi connectivity index (χ0n) is 10.2. The largest absolute Gasteiger partial charge is 0.406 e. The molecule has 0 saturated heterocycles. The van der Waals surface area contributed by atoms with Gasteiger partial charge in [0.25, 0.3) is 0 Å². The summed E-state index contributed by atoms with van der Waals surface area (Å²) in [6.07, 6.45) is -4.33. The van der Waals surface area contributed by atoms with E-state index in [0.717, 1.165) is 4.90 Å². The number of nitrogens with zero attached hydrogens (tertiary/aromatic N) is 5. The SMILES string of the molecule is CCN(CC(F)(F)F)c1nc(Cl)nc(N(C)C)n1. The van der Waals surface area contributed by atoms with Crippen LogP contribution < -0.4 is 9.80 Å². The first kappa shape index (κ1) is 14.7. The predicted octanol–water partition coefficient (Wildman–Crippen LogP) is 1.98. The summed E-state index contributed by atoms with van der Waals surface area (Å²) in [6, 6.07) is 0. The molecule has 0 unspecified atom stereocenters. The molecule has 0 aliphatic heterocycles. The zero-order chi connectivity index (χ0) is 13.9. The lowest BCUT2D eigenvalue weighted by Gasteiger charge is -2.23. The molecule has 5 nitrogen and oxygen atoms in total. The minimum absolute atomic E-state index is 0.0847. The molecule has 0 saturated carbocycles. The van der Waals surface area contributed by atoms with E-state index in [1.807, 2.05) is 0 Å². The quantitative estimate of drug-likeness (QED) is 0.845. The van der Waals surface area contributed by atoms with E-state index >= 15 is 0 Å². The maximum atomic E-state index is 12.4. The van der Waals surface area contributed by atoms with Crippen LogP contribution in [0.5, 0.6) is 0 Å². The number of hydrogen-bond acceptors (Lipinski definition) is 5. The van der Waals surface area contributed by atoms with E-state index in [4.69, 9.17) is 11.6 Å². The number of halogens is 4. The summed E-state index contributed by atoms with van der Waals surface area (Å²) >= 11 is 5.67. The summed E-state index contributed by atoms with van der Waals surface area (Å²) in [5.41, 5.74) is 0. The van der Waals surface area contributed by atoms with Crippen LogP contribution >= 0.6 is 11.6 Å². The second-order valence-electron chi connectivity index (χ2n) is 3.73. The lowest BCUT2D eigenvalue weighted by Crippen LogP contribution is -2.35. The Kier molecular flexibility index (Phi) is 4.55. The molecule has 9 heteroatoms. The van der Waals surface area contributed by atoms with E-state index in [0.29, 0.717) is 0 Å². The summed E-state index contributed by atoms with van der Waals surface area (Å²) in [5, 5.41) is -0.135. The van der Waals surface area contributed by atoms with Gasteiger partial charge in [0.15, 0.2) is 0 Å². The summed E-state index contributed by atoms with van der Waals surface area (Å²) in [5.74, 6) is 0.129. The van der Waals surface area contributed by atoms with Crippen LogP contribution in [0.4, 0.5) is 25.1 Å². The van der Waals surface area contributed by atoms with Gasteiger partial charge in [-0.2, -0.15) is 28.1 Å². The van der Waals surface area contributed by atoms with Gasteiger partial charge in [0.2, 0.25) is 17.2 Å². The van der Waals surface area contributed by atoms with Gasteiger partial charge in [-0.1, -0.05) is 0 Å². The van der Waals surface area contributed by atoms with Crippen LogP contribution in [0.15, 0.2) is 0 Å². The molecule has 1 heterocycles. The van der Waals surface area contributed by atoms with Crippen molar-refractivity contribution >= 4 is 23.5 Å². The highest BCUT2D eigenvalue weighted by molar-refractivity contribution is 6.28. The van der Waals surface area contributed by atoms with E-state index in [1.165, 1.54) is 0 Å². The average Bonchev–Trinajstić information content (AvgIpc) is 2.23. The lowest BCUT2D eigenvalue weighted by atomic mass is 10.5. The highest BCUT2D eigenvalue weighted by Gasteiger charge is 2.31. The molecule has 0 radical (unpaired) electrons. The molecule has 0 aliphatic rings. The maximum Gasteiger partial charge on any atom is 0.406 e. The van der Waals surface area contributed by atoms with Crippen molar-refractivity contribution in [2.45, 2.75) is 13.1 Å². The summed E-state index contributed by atoms with van der Waals surface area (Å²) in [7, 11) is 3.32. The average molecular weight is 284 g/mol. The van der Waals surface area contributed by atoms with Gasteiger partial charge >= 0.3 is 6.18 Å². The molecule has 102 valence electrons. The Morgan fingerprint density at radius 1 is 1.11 bits per heavy atom. The van der Waals surface area contributed by atoms with E-state index < -0.39 is 12.7 Å². The Balaban J connectivity index is 3.05. The van der Waals surface area contributed by atoms with Gasteiger partial charge < -0.3 is 9.80 Å². The molecule has 1 aromatic rings. The van der Waals surface area contributed by atoms with Crippen molar-refractivity contribution in [1.82, 2.24) is 15.0 Å². The van der Waals surface area contributed by atoms with Crippen LogP contribution in [-0.4, -0.2) is 48.3 Å². The van der Waals surface area contributed by atoms with Gasteiger partial charge in [0.05, 0.1) is 0 Å². The minimum atomic E-state index is -4.33. The van der Waals surface area contributed by atoms with Gasteiger partial charge in [0.1, 0.15) is 6.54 Å². The van der Waals surface area contributed by atoms with Gasteiger partial charge in [-0.15, -0.1) is 0 Å². The second-order valence-corrected chi connectivity index (χ2v) is 4.07. The summed E-state index contributed by atoms with van der Waals surface area (Å²) in [6.45, 7) is 0.572. The van der Waals surface area contributed by atoms with Crippen molar-refractivity contribution in [2.75, 3.05) is 37.0 Å². The van der Waals surface area contributed by atoms with E-state index in [9.17, 15) is 13.2 Å². The molecule has 0 fully saturated rings. The number of aromatic nitrogens is 3. The van der Waals surface area contributed by atoms with Gasteiger partial charge in [0, 0.05) is 20.6 Å². The summed E-state index contributed by atoms with van der Waals surface area (Å²) < 4.78 is 37.1. The molecule has 1 aromatic heterocycles. The van der Waals surface area contributed by atoms with Crippen LogP contribution in [-0.2, 0) is 0 Å². The molecule has 18 heavy (non-hydrogen) atoms. The zero-order valence-corrected chi connectivity index (χ0v) is 10.9. The minimum Gasteiger partial charge on any atom is -0.347 e. The fraction of sp³-hybridized carbons (Fsp3) is 0.667. The molecular weight excluding hydrogens is 271 g/mol. The third kappa shape index (κ3) is 4.17. The monoisotopic (exact) mass is 283 g/mol. The first-order chi connectivity index (χ1) is 8.23. The van der Waals surface area contributed by atoms with Crippen LogP contribution in [0.2, 0.25) is 5.28 Å². The Bertz CT molecular complexity index is 410. The van der Waals surface area contributed by atoms with E-state index in [-0.39, 0.29) is 23.7 Å². The van der Waals surface area contributed by atoms with E-state index in [1.54, 1.807) is 25.9 Å². The van der Waals surface area contributed by atoms with Gasteiger partial charge in [-0.05, 0) is 18.5 Å².